The summed E-state index contributed by atoms with van der Waals surface area (Å²) in [5.41, 5.74) is 2.73. The molecule has 0 radical (unpaired) electrons. The molecule has 3 amide bonds. The van der Waals surface area contributed by atoms with Crippen LogP contribution in [0.4, 0.5) is 29.3 Å². The minimum Gasteiger partial charge on any atom is -0.369 e. The second-order valence-electron chi connectivity index (χ2n) is 9.09. The van der Waals surface area contributed by atoms with E-state index in [1.165, 1.54) is 12.6 Å². The fourth-order valence-corrected chi connectivity index (χ4v) is 4.89. The average Bonchev–Trinajstić information content (AvgIpc) is 3.34. The molecular weight excluding hydrogens is 481 g/mol. The Kier molecular flexibility index (Phi) is 7.44. The molecule has 2 fully saturated rings. The molecule has 1 atom stereocenters. The number of urea groups is 1. The molecule has 4 rings (SSSR count). The molecule has 0 saturated carbocycles. The number of likely N-dealkylation sites (N-methyl/N-ethyl adjacent to an activating group) is 1. The highest BCUT2D eigenvalue weighted by molar-refractivity contribution is 6.30. The van der Waals surface area contributed by atoms with Crippen molar-refractivity contribution < 1.29 is 22.8 Å². The van der Waals surface area contributed by atoms with Gasteiger partial charge in [0.2, 0.25) is 0 Å². The molecule has 0 aromatic heterocycles. The number of alkyl halides is 3. The molecule has 2 aromatic rings. The van der Waals surface area contributed by atoms with E-state index in [4.69, 9.17) is 11.6 Å². The molecule has 0 spiro atoms. The third-order valence-corrected chi connectivity index (χ3v) is 7.13. The largest absolute Gasteiger partial charge is 0.471 e. The molecule has 2 aliphatic rings. The van der Waals surface area contributed by atoms with E-state index in [0.717, 1.165) is 23.4 Å². The zero-order valence-corrected chi connectivity index (χ0v) is 20.1. The fourth-order valence-electron chi connectivity index (χ4n) is 4.77. The summed E-state index contributed by atoms with van der Waals surface area (Å²) in [6.45, 7) is 2.20. The van der Waals surface area contributed by atoms with Gasteiger partial charge in [0, 0.05) is 49.6 Å². The maximum Gasteiger partial charge on any atom is 0.471 e. The SMILES string of the molecule is CN(C(=O)C(F)(F)F)[C@@H]1CCN(c2ccc(NC(=O)N3CCC(c4ccc(Cl)cc4)CC3)cc2)C1. The Balaban J connectivity index is 1.27. The molecule has 6 nitrogen and oxygen atoms in total. The molecule has 2 heterocycles. The number of nitrogens with one attached hydrogen (secondary N) is 1. The van der Waals surface area contributed by atoms with Crippen molar-refractivity contribution in [2.45, 2.75) is 37.4 Å². The molecule has 35 heavy (non-hydrogen) atoms. The maximum atomic E-state index is 12.7. The lowest BCUT2D eigenvalue weighted by molar-refractivity contribution is -0.185. The van der Waals surface area contributed by atoms with Crippen molar-refractivity contribution in [1.82, 2.24) is 9.80 Å². The van der Waals surface area contributed by atoms with Crippen LogP contribution in [0.3, 0.4) is 0 Å². The number of anilines is 2. The van der Waals surface area contributed by atoms with E-state index >= 15 is 0 Å². The highest BCUT2D eigenvalue weighted by Gasteiger charge is 2.44. The summed E-state index contributed by atoms with van der Waals surface area (Å²) >= 11 is 5.97. The Hall–Kier alpha value is -2.94. The highest BCUT2D eigenvalue weighted by Crippen LogP contribution is 2.30. The van der Waals surface area contributed by atoms with Gasteiger partial charge >= 0.3 is 18.1 Å². The Morgan fingerprint density at radius 2 is 1.60 bits per heavy atom. The summed E-state index contributed by atoms with van der Waals surface area (Å²) in [5, 5.41) is 3.64. The van der Waals surface area contributed by atoms with Gasteiger partial charge in [-0.15, -0.1) is 0 Å². The number of nitrogens with zero attached hydrogens (tertiary/aromatic N) is 3. The molecule has 188 valence electrons. The molecule has 1 N–H and O–H groups in total. The van der Waals surface area contributed by atoms with E-state index in [-0.39, 0.29) is 6.03 Å². The number of carbonyl (C=O) groups excluding carboxylic acids is 2. The van der Waals surface area contributed by atoms with E-state index in [1.807, 2.05) is 41.3 Å². The number of hydrogen-bond donors (Lipinski definition) is 1. The Bertz CT molecular complexity index is 1040. The van der Waals surface area contributed by atoms with E-state index in [1.54, 1.807) is 17.0 Å². The Labute approximate surface area is 207 Å². The minimum atomic E-state index is -4.87. The second-order valence-corrected chi connectivity index (χ2v) is 9.53. The van der Waals surface area contributed by atoms with E-state index in [0.29, 0.717) is 49.2 Å². The minimum absolute atomic E-state index is 0.152. The second kappa shape index (κ2) is 10.4. The number of carbonyl (C=O) groups is 2. The van der Waals surface area contributed by atoms with Crippen LogP contribution < -0.4 is 10.2 Å². The van der Waals surface area contributed by atoms with Crippen molar-refractivity contribution >= 4 is 34.9 Å². The van der Waals surface area contributed by atoms with Gasteiger partial charge in [0.25, 0.3) is 0 Å². The van der Waals surface area contributed by atoms with Crippen molar-refractivity contribution in [3.8, 4) is 0 Å². The van der Waals surface area contributed by atoms with Gasteiger partial charge in [0.1, 0.15) is 0 Å². The lowest BCUT2D eigenvalue weighted by Gasteiger charge is -2.32. The molecule has 2 aromatic carbocycles. The quantitative estimate of drug-likeness (QED) is 0.605. The number of piperidine rings is 1. The van der Waals surface area contributed by atoms with Gasteiger partial charge in [-0.2, -0.15) is 13.2 Å². The molecule has 2 saturated heterocycles. The number of benzene rings is 2. The van der Waals surface area contributed by atoms with Crippen LogP contribution in [0.2, 0.25) is 5.02 Å². The normalized spacial score (nSPS) is 19.1. The number of halogens is 4. The first-order valence-corrected chi connectivity index (χ1v) is 12.0. The Morgan fingerprint density at radius 1 is 0.971 bits per heavy atom. The number of hydrogen-bond acceptors (Lipinski definition) is 3. The zero-order chi connectivity index (χ0) is 25.2. The maximum absolute atomic E-state index is 12.7. The number of amides is 3. The van der Waals surface area contributed by atoms with Crippen molar-refractivity contribution in [2.24, 2.45) is 0 Å². The smallest absolute Gasteiger partial charge is 0.369 e. The average molecular weight is 509 g/mol. The highest BCUT2D eigenvalue weighted by atomic mass is 35.5. The Morgan fingerprint density at radius 3 is 2.20 bits per heavy atom. The van der Waals surface area contributed by atoms with Crippen LogP contribution in [-0.4, -0.2) is 67.2 Å². The van der Waals surface area contributed by atoms with E-state index < -0.39 is 18.1 Å². The fraction of sp³-hybridized carbons (Fsp3) is 0.440. The van der Waals surface area contributed by atoms with Crippen molar-refractivity contribution in [3.05, 3.63) is 59.1 Å². The summed E-state index contributed by atoms with van der Waals surface area (Å²) in [6, 6.07) is 14.4. The predicted molar refractivity (Wildman–Crippen MR) is 130 cm³/mol. The molecule has 0 bridgehead atoms. The topological polar surface area (TPSA) is 55.9 Å². The van der Waals surface area contributed by atoms with Crippen molar-refractivity contribution in [3.63, 3.8) is 0 Å². The monoisotopic (exact) mass is 508 g/mol. The van der Waals surface area contributed by atoms with Crippen LogP contribution >= 0.6 is 11.6 Å². The first kappa shape index (κ1) is 25.2. The molecule has 0 aliphatic carbocycles. The third-order valence-electron chi connectivity index (χ3n) is 6.88. The van der Waals surface area contributed by atoms with Gasteiger partial charge < -0.3 is 20.0 Å². The third kappa shape index (κ3) is 6.01. The summed E-state index contributed by atoms with van der Waals surface area (Å²) < 4.78 is 38.2. The number of likely N-dealkylation sites (tertiary alicyclic amines) is 1. The summed E-state index contributed by atoms with van der Waals surface area (Å²) in [6.07, 6.45) is -2.64. The van der Waals surface area contributed by atoms with Crippen LogP contribution in [0.15, 0.2) is 48.5 Å². The van der Waals surface area contributed by atoms with E-state index in [2.05, 4.69) is 5.32 Å². The van der Waals surface area contributed by atoms with Gasteiger partial charge in [0.15, 0.2) is 0 Å². The van der Waals surface area contributed by atoms with Gasteiger partial charge in [-0.25, -0.2) is 4.79 Å². The van der Waals surface area contributed by atoms with Gasteiger partial charge in [-0.3, -0.25) is 4.79 Å². The van der Waals surface area contributed by atoms with Gasteiger partial charge in [0.05, 0.1) is 6.04 Å². The van der Waals surface area contributed by atoms with Crippen LogP contribution in [0, 0.1) is 0 Å². The molecule has 2 aliphatic heterocycles. The van der Waals surface area contributed by atoms with Crippen molar-refractivity contribution in [2.75, 3.05) is 43.4 Å². The van der Waals surface area contributed by atoms with Crippen LogP contribution in [0.1, 0.15) is 30.7 Å². The summed E-state index contributed by atoms with van der Waals surface area (Å²) in [5.74, 6) is -1.41. The first-order chi connectivity index (χ1) is 16.6. The lowest BCUT2D eigenvalue weighted by atomic mass is 9.89. The van der Waals surface area contributed by atoms with Gasteiger partial charge in [-0.1, -0.05) is 23.7 Å². The van der Waals surface area contributed by atoms with Crippen LogP contribution in [0.5, 0.6) is 0 Å². The van der Waals surface area contributed by atoms with Gasteiger partial charge in [-0.05, 0) is 67.1 Å². The summed E-state index contributed by atoms with van der Waals surface area (Å²) in [4.78, 5) is 28.8. The van der Waals surface area contributed by atoms with Crippen LogP contribution in [-0.2, 0) is 4.79 Å². The number of rotatable bonds is 4. The summed E-state index contributed by atoms with van der Waals surface area (Å²) in [7, 11) is 1.20. The zero-order valence-electron chi connectivity index (χ0n) is 19.4. The molecule has 0 unspecified atom stereocenters. The van der Waals surface area contributed by atoms with E-state index in [9.17, 15) is 22.8 Å². The standard InChI is InChI=1S/C25H28ClF3N4O2/c1-31(23(34)25(27,28)29)22-12-15-33(16-22)21-8-6-20(7-9-21)30-24(35)32-13-10-18(11-14-32)17-2-4-19(26)5-3-17/h2-9,18,22H,10-16H2,1H3,(H,30,35)/t22-/m1/s1. The predicted octanol–water partition coefficient (Wildman–Crippen LogP) is 5.35. The molecule has 10 heteroatoms. The molecular formula is C25H28ClF3N4O2. The lowest BCUT2D eigenvalue weighted by Crippen LogP contribution is -2.45. The first-order valence-electron chi connectivity index (χ1n) is 11.6. The van der Waals surface area contributed by atoms with Crippen molar-refractivity contribution in [1.29, 1.82) is 0 Å². The van der Waals surface area contributed by atoms with Crippen LogP contribution in [0.25, 0.3) is 0 Å².